The molecule has 2 aromatic carbocycles. The fourth-order valence-electron chi connectivity index (χ4n) is 1.57. The Balaban J connectivity index is 2.35. The number of methoxy groups -OCH3 is 1. The first kappa shape index (κ1) is 14.4. The SMILES string of the molecule is COc1cc([N+](=O)[O-])ccc1Oc1cc(Cl)cc(Cl)c1. The van der Waals surface area contributed by atoms with Gasteiger partial charge >= 0.3 is 0 Å². The van der Waals surface area contributed by atoms with Crippen molar-refractivity contribution in [2.75, 3.05) is 7.11 Å². The highest BCUT2D eigenvalue weighted by molar-refractivity contribution is 6.34. The van der Waals surface area contributed by atoms with Crippen LogP contribution in [0.1, 0.15) is 0 Å². The maximum atomic E-state index is 10.7. The first-order valence-electron chi connectivity index (χ1n) is 5.46. The van der Waals surface area contributed by atoms with Gasteiger partial charge in [0.25, 0.3) is 5.69 Å². The first-order valence-corrected chi connectivity index (χ1v) is 6.21. The van der Waals surface area contributed by atoms with Gasteiger partial charge in [-0.3, -0.25) is 10.1 Å². The summed E-state index contributed by atoms with van der Waals surface area (Å²) in [5, 5.41) is 11.6. The van der Waals surface area contributed by atoms with E-state index >= 15 is 0 Å². The van der Waals surface area contributed by atoms with E-state index in [0.717, 1.165) is 0 Å². The molecule has 0 saturated carbocycles. The van der Waals surface area contributed by atoms with E-state index < -0.39 is 4.92 Å². The fraction of sp³-hybridized carbons (Fsp3) is 0.0769. The Hall–Kier alpha value is -1.98. The zero-order valence-electron chi connectivity index (χ0n) is 10.3. The number of ether oxygens (including phenoxy) is 2. The van der Waals surface area contributed by atoms with E-state index in [9.17, 15) is 10.1 Å². The van der Waals surface area contributed by atoms with Crippen molar-refractivity contribution in [3.05, 3.63) is 56.6 Å². The van der Waals surface area contributed by atoms with Gasteiger partial charge in [0.1, 0.15) is 5.75 Å². The van der Waals surface area contributed by atoms with Crippen LogP contribution in [0.25, 0.3) is 0 Å². The highest BCUT2D eigenvalue weighted by Gasteiger charge is 2.13. The molecule has 5 nitrogen and oxygen atoms in total. The van der Waals surface area contributed by atoms with E-state index in [1.807, 2.05) is 0 Å². The van der Waals surface area contributed by atoms with Crippen molar-refractivity contribution >= 4 is 28.9 Å². The molecule has 0 bridgehead atoms. The van der Waals surface area contributed by atoms with Crippen LogP contribution in [0.5, 0.6) is 17.2 Å². The molecule has 2 rings (SSSR count). The average molecular weight is 314 g/mol. The summed E-state index contributed by atoms with van der Waals surface area (Å²) in [5.74, 6) is 0.987. The van der Waals surface area contributed by atoms with E-state index in [-0.39, 0.29) is 11.4 Å². The van der Waals surface area contributed by atoms with E-state index in [1.165, 1.54) is 25.3 Å². The second-order valence-corrected chi connectivity index (χ2v) is 4.67. The predicted molar refractivity (Wildman–Crippen MR) is 76.2 cm³/mol. The lowest BCUT2D eigenvalue weighted by Crippen LogP contribution is -1.93. The molecule has 0 spiro atoms. The van der Waals surface area contributed by atoms with Crippen LogP contribution in [0.4, 0.5) is 5.69 Å². The minimum atomic E-state index is -0.511. The van der Waals surface area contributed by atoms with Crippen molar-refractivity contribution in [3.8, 4) is 17.2 Å². The molecular formula is C13H9Cl2NO4. The highest BCUT2D eigenvalue weighted by atomic mass is 35.5. The van der Waals surface area contributed by atoms with Crippen LogP contribution in [0.2, 0.25) is 10.0 Å². The molecule has 0 saturated heterocycles. The van der Waals surface area contributed by atoms with E-state index in [1.54, 1.807) is 18.2 Å². The summed E-state index contributed by atoms with van der Waals surface area (Å²) in [7, 11) is 1.40. The van der Waals surface area contributed by atoms with E-state index in [0.29, 0.717) is 21.5 Å². The Morgan fingerprint density at radius 2 is 1.70 bits per heavy atom. The molecule has 0 aliphatic rings. The number of nitro benzene ring substituents is 1. The lowest BCUT2D eigenvalue weighted by atomic mass is 10.2. The fourth-order valence-corrected chi connectivity index (χ4v) is 2.07. The van der Waals surface area contributed by atoms with Crippen LogP contribution >= 0.6 is 23.2 Å². The Morgan fingerprint density at radius 3 is 2.25 bits per heavy atom. The van der Waals surface area contributed by atoms with Gasteiger partial charge in [-0.25, -0.2) is 0 Å². The molecule has 0 unspecified atom stereocenters. The van der Waals surface area contributed by atoms with Crippen LogP contribution in [-0.4, -0.2) is 12.0 Å². The average Bonchev–Trinajstić information content (AvgIpc) is 2.37. The number of nitro groups is 1. The highest BCUT2D eigenvalue weighted by Crippen LogP contribution is 2.36. The number of nitrogens with zero attached hydrogens (tertiary/aromatic N) is 1. The molecule has 0 heterocycles. The summed E-state index contributed by atoms with van der Waals surface area (Å²) >= 11 is 11.7. The molecule has 0 radical (unpaired) electrons. The van der Waals surface area contributed by atoms with Gasteiger partial charge in [0.05, 0.1) is 18.1 Å². The Kier molecular flexibility index (Phi) is 4.32. The van der Waals surface area contributed by atoms with Gasteiger partial charge in [0, 0.05) is 16.1 Å². The number of benzene rings is 2. The van der Waals surface area contributed by atoms with Crippen LogP contribution in [-0.2, 0) is 0 Å². The van der Waals surface area contributed by atoms with E-state index in [2.05, 4.69) is 0 Å². The second kappa shape index (κ2) is 5.98. The summed E-state index contributed by atoms with van der Waals surface area (Å²) in [5.41, 5.74) is -0.0849. The third kappa shape index (κ3) is 3.31. The standard InChI is InChI=1S/C13H9Cl2NO4/c1-19-13-7-10(16(17)18)2-3-12(13)20-11-5-8(14)4-9(15)6-11/h2-7H,1H3. The van der Waals surface area contributed by atoms with Gasteiger partial charge in [-0.1, -0.05) is 23.2 Å². The van der Waals surface area contributed by atoms with Crippen molar-refractivity contribution in [3.63, 3.8) is 0 Å². The zero-order valence-corrected chi connectivity index (χ0v) is 11.8. The largest absolute Gasteiger partial charge is 0.493 e. The second-order valence-electron chi connectivity index (χ2n) is 3.80. The molecule has 0 aromatic heterocycles. The quantitative estimate of drug-likeness (QED) is 0.606. The number of hydrogen-bond acceptors (Lipinski definition) is 4. The zero-order chi connectivity index (χ0) is 14.7. The van der Waals surface area contributed by atoms with Crippen molar-refractivity contribution in [1.82, 2.24) is 0 Å². The van der Waals surface area contributed by atoms with Crippen molar-refractivity contribution in [1.29, 1.82) is 0 Å². The summed E-state index contributed by atoms with van der Waals surface area (Å²) < 4.78 is 10.7. The molecule has 0 fully saturated rings. The Labute approximate surface area is 124 Å². The summed E-state index contributed by atoms with van der Waals surface area (Å²) in [6, 6.07) is 8.78. The molecule has 0 N–H and O–H groups in total. The number of rotatable bonds is 4. The molecule has 0 aliphatic carbocycles. The summed E-state index contributed by atoms with van der Waals surface area (Å²) in [4.78, 5) is 10.2. The third-order valence-corrected chi connectivity index (χ3v) is 2.86. The van der Waals surface area contributed by atoms with Crippen LogP contribution < -0.4 is 9.47 Å². The monoisotopic (exact) mass is 313 g/mol. The molecule has 20 heavy (non-hydrogen) atoms. The van der Waals surface area contributed by atoms with E-state index in [4.69, 9.17) is 32.7 Å². The van der Waals surface area contributed by atoms with Gasteiger partial charge in [-0.2, -0.15) is 0 Å². The van der Waals surface area contributed by atoms with Crippen molar-refractivity contribution in [2.45, 2.75) is 0 Å². The number of hydrogen-bond donors (Lipinski definition) is 0. The number of halogens is 2. The molecule has 104 valence electrons. The maximum absolute atomic E-state index is 10.7. The Bertz CT molecular complexity index is 641. The summed E-state index contributed by atoms with van der Waals surface area (Å²) in [6.45, 7) is 0. The molecule has 0 atom stereocenters. The van der Waals surface area contributed by atoms with Crippen molar-refractivity contribution < 1.29 is 14.4 Å². The molecule has 2 aromatic rings. The molecule has 0 aliphatic heterocycles. The van der Waals surface area contributed by atoms with Gasteiger partial charge in [0.2, 0.25) is 0 Å². The van der Waals surface area contributed by atoms with Gasteiger partial charge in [-0.15, -0.1) is 0 Å². The molecular weight excluding hydrogens is 305 g/mol. The minimum absolute atomic E-state index is 0.0849. The maximum Gasteiger partial charge on any atom is 0.273 e. The topological polar surface area (TPSA) is 61.6 Å². The van der Waals surface area contributed by atoms with Crippen molar-refractivity contribution in [2.24, 2.45) is 0 Å². The van der Waals surface area contributed by atoms with Crippen LogP contribution in [0.15, 0.2) is 36.4 Å². The Morgan fingerprint density at radius 1 is 1.05 bits per heavy atom. The summed E-state index contributed by atoms with van der Waals surface area (Å²) in [6.07, 6.45) is 0. The smallest absolute Gasteiger partial charge is 0.273 e. The number of non-ortho nitro benzene ring substituents is 1. The van der Waals surface area contributed by atoms with Gasteiger partial charge < -0.3 is 9.47 Å². The normalized spacial score (nSPS) is 10.2. The lowest BCUT2D eigenvalue weighted by molar-refractivity contribution is -0.384. The molecule has 7 heteroatoms. The van der Waals surface area contributed by atoms with Gasteiger partial charge in [-0.05, 0) is 24.3 Å². The predicted octanol–water partition coefficient (Wildman–Crippen LogP) is 4.70. The van der Waals surface area contributed by atoms with Gasteiger partial charge in [0.15, 0.2) is 11.5 Å². The lowest BCUT2D eigenvalue weighted by Gasteiger charge is -2.10. The minimum Gasteiger partial charge on any atom is -0.493 e. The third-order valence-electron chi connectivity index (χ3n) is 2.42. The van der Waals surface area contributed by atoms with Crippen LogP contribution in [0, 0.1) is 10.1 Å². The van der Waals surface area contributed by atoms with Crippen LogP contribution in [0.3, 0.4) is 0 Å². The first-order chi connectivity index (χ1) is 9.49. The molecule has 0 amide bonds.